The Morgan fingerprint density at radius 2 is 2.31 bits per heavy atom. The van der Waals surface area contributed by atoms with Crippen molar-refractivity contribution in [2.75, 3.05) is 11.1 Å². The molecule has 1 amide bonds. The molecule has 0 unspecified atom stereocenters. The first-order chi connectivity index (χ1) is 12.8. The van der Waals surface area contributed by atoms with Crippen LogP contribution in [0.3, 0.4) is 0 Å². The van der Waals surface area contributed by atoms with Crippen LogP contribution < -0.4 is 5.32 Å². The minimum absolute atomic E-state index is 0.200. The van der Waals surface area contributed by atoms with Crippen molar-refractivity contribution in [3.63, 3.8) is 0 Å². The second kappa shape index (κ2) is 8.26. The second-order valence-electron chi connectivity index (χ2n) is 6.53. The summed E-state index contributed by atoms with van der Waals surface area (Å²) in [6.45, 7) is 0.578. The largest absolute Gasteiger partial charge is 0.467 e. The van der Waals surface area contributed by atoms with Crippen LogP contribution in [0.15, 0.2) is 38.9 Å². The molecule has 138 valence electrons. The molecule has 0 aliphatic heterocycles. The van der Waals surface area contributed by atoms with Crippen molar-refractivity contribution in [1.82, 2.24) is 15.1 Å². The minimum Gasteiger partial charge on any atom is -0.467 e. The van der Waals surface area contributed by atoms with E-state index in [1.165, 1.54) is 41.6 Å². The SMILES string of the molecule is O=C(CSc1nnc(NCc2ccco2)s1)N(C1=CCCCC1)C1CC1. The number of carbonyl (C=O) groups excluding carboxylic acids is 1. The van der Waals surface area contributed by atoms with Gasteiger partial charge in [-0.2, -0.15) is 0 Å². The number of allylic oxidation sites excluding steroid dienone is 2. The van der Waals surface area contributed by atoms with Crippen LogP contribution in [0.2, 0.25) is 0 Å². The lowest BCUT2D eigenvalue weighted by molar-refractivity contribution is -0.127. The van der Waals surface area contributed by atoms with Gasteiger partial charge in [-0.25, -0.2) is 0 Å². The van der Waals surface area contributed by atoms with Crippen molar-refractivity contribution in [3.8, 4) is 0 Å². The maximum Gasteiger partial charge on any atom is 0.237 e. The van der Waals surface area contributed by atoms with E-state index in [2.05, 4.69) is 26.5 Å². The molecule has 0 aromatic carbocycles. The van der Waals surface area contributed by atoms with Gasteiger partial charge in [-0.15, -0.1) is 10.2 Å². The Balaban J connectivity index is 1.30. The first-order valence-electron chi connectivity index (χ1n) is 9.03. The van der Waals surface area contributed by atoms with E-state index in [0.29, 0.717) is 18.3 Å². The van der Waals surface area contributed by atoms with Crippen molar-refractivity contribution in [2.24, 2.45) is 0 Å². The third-order valence-electron chi connectivity index (χ3n) is 4.48. The lowest BCUT2D eigenvalue weighted by Crippen LogP contribution is -2.34. The fourth-order valence-corrected chi connectivity index (χ4v) is 4.69. The molecule has 0 atom stereocenters. The van der Waals surface area contributed by atoms with Gasteiger partial charge in [-0.3, -0.25) is 4.79 Å². The van der Waals surface area contributed by atoms with Crippen LogP contribution in [0.25, 0.3) is 0 Å². The molecule has 6 nitrogen and oxygen atoms in total. The van der Waals surface area contributed by atoms with Crippen LogP contribution in [0.1, 0.15) is 44.3 Å². The summed E-state index contributed by atoms with van der Waals surface area (Å²) in [7, 11) is 0. The van der Waals surface area contributed by atoms with E-state index in [-0.39, 0.29) is 5.91 Å². The van der Waals surface area contributed by atoms with E-state index in [1.807, 2.05) is 12.1 Å². The van der Waals surface area contributed by atoms with E-state index in [4.69, 9.17) is 4.42 Å². The Hall–Kier alpha value is -1.80. The summed E-state index contributed by atoms with van der Waals surface area (Å²) in [5.41, 5.74) is 1.24. The molecule has 2 aromatic heterocycles. The zero-order valence-electron chi connectivity index (χ0n) is 14.5. The van der Waals surface area contributed by atoms with Crippen LogP contribution in [0.4, 0.5) is 5.13 Å². The first kappa shape index (κ1) is 17.6. The number of hydrogen-bond donors (Lipinski definition) is 1. The normalized spacial score (nSPS) is 17.0. The fourth-order valence-electron chi connectivity index (χ4n) is 3.08. The van der Waals surface area contributed by atoms with Crippen LogP contribution in [-0.2, 0) is 11.3 Å². The lowest BCUT2D eigenvalue weighted by Gasteiger charge is -2.27. The number of thioether (sulfide) groups is 1. The van der Waals surface area contributed by atoms with Gasteiger partial charge in [0.25, 0.3) is 0 Å². The topological polar surface area (TPSA) is 71.3 Å². The molecule has 4 rings (SSSR count). The van der Waals surface area contributed by atoms with Gasteiger partial charge >= 0.3 is 0 Å². The van der Waals surface area contributed by atoms with Crippen LogP contribution in [-0.4, -0.2) is 32.8 Å². The number of amides is 1. The molecule has 0 bridgehead atoms. The monoisotopic (exact) mass is 390 g/mol. The van der Waals surface area contributed by atoms with Crippen LogP contribution >= 0.6 is 23.1 Å². The van der Waals surface area contributed by atoms with E-state index < -0.39 is 0 Å². The van der Waals surface area contributed by atoms with Gasteiger partial charge in [-0.05, 0) is 50.7 Å². The average Bonchev–Trinajstić information content (AvgIpc) is 3.17. The van der Waals surface area contributed by atoms with Crippen LogP contribution in [0, 0.1) is 0 Å². The number of rotatable bonds is 8. The van der Waals surface area contributed by atoms with E-state index in [0.717, 1.165) is 40.9 Å². The van der Waals surface area contributed by atoms with E-state index >= 15 is 0 Å². The highest BCUT2D eigenvalue weighted by Crippen LogP contribution is 2.35. The molecule has 2 aliphatic rings. The van der Waals surface area contributed by atoms with Gasteiger partial charge < -0.3 is 14.6 Å². The molecular weight excluding hydrogens is 368 g/mol. The average molecular weight is 391 g/mol. The molecule has 0 saturated heterocycles. The highest BCUT2D eigenvalue weighted by molar-refractivity contribution is 8.01. The molecule has 0 radical (unpaired) electrons. The van der Waals surface area contributed by atoms with Gasteiger partial charge in [0, 0.05) is 11.7 Å². The molecule has 2 aromatic rings. The number of anilines is 1. The Morgan fingerprint density at radius 3 is 3.04 bits per heavy atom. The number of hydrogen-bond acceptors (Lipinski definition) is 7. The maximum absolute atomic E-state index is 12.8. The Bertz CT molecular complexity index is 768. The van der Waals surface area contributed by atoms with Crippen molar-refractivity contribution in [1.29, 1.82) is 0 Å². The van der Waals surface area contributed by atoms with Crippen molar-refractivity contribution in [2.45, 2.75) is 55.5 Å². The van der Waals surface area contributed by atoms with Gasteiger partial charge in [-0.1, -0.05) is 29.2 Å². The highest BCUT2D eigenvalue weighted by Gasteiger charge is 2.34. The molecule has 8 heteroatoms. The van der Waals surface area contributed by atoms with E-state index in [9.17, 15) is 4.79 Å². The molecular formula is C18H22N4O2S2. The standard InChI is InChI=1S/C18H22N4O2S2/c23-16(22(14-8-9-14)13-5-2-1-3-6-13)12-25-18-21-20-17(26-18)19-11-15-7-4-10-24-15/h4-5,7,10,14H,1-3,6,8-9,11-12H2,(H,19,20). The molecule has 1 fully saturated rings. The third-order valence-corrected chi connectivity index (χ3v) is 6.48. The number of furan rings is 1. The summed E-state index contributed by atoms with van der Waals surface area (Å²) >= 11 is 2.94. The number of nitrogens with zero attached hydrogens (tertiary/aromatic N) is 3. The summed E-state index contributed by atoms with van der Waals surface area (Å²) in [5.74, 6) is 1.47. The molecule has 26 heavy (non-hydrogen) atoms. The Labute approximate surface area is 161 Å². The Kier molecular flexibility index (Phi) is 5.59. The fraction of sp³-hybridized carbons (Fsp3) is 0.500. The Morgan fingerprint density at radius 1 is 1.38 bits per heavy atom. The maximum atomic E-state index is 12.8. The van der Waals surface area contributed by atoms with Crippen molar-refractivity contribution < 1.29 is 9.21 Å². The molecule has 1 N–H and O–H groups in total. The van der Waals surface area contributed by atoms with Gasteiger partial charge in [0.15, 0.2) is 4.34 Å². The number of aromatic nitrogens is 2. The number of nitrogens with one attached hydrogen (secondary N) is 1. The smallest absolute Gasteiger partial charge is 0.237 e. The molecule has 2 heterocycles. The van der Waals surface area contributed by atoms with Gasteiger partial charge in [0.1, 0.15) is 5.76 Å². The van der Waals surface area contributed by atoms with Crippen LogP contribution in [0.5, 0.6) is 0 Å². The third kappa shape index (κ3) is 4.48. The summed E-state index contributed by atoms with van der Waals surface area (Å²) in [6.07, 6.45) is 10.7. The quantitative estimate of drug-likeness (QED) is 0.678. The zero-order chi connectivity index (χ0) is 17.8. The highest BCUT2D eigenvalue weighted by atomic mass is 32.2. The minimum atomic E-state index is 0.200. The first-order valence-corrected chi connectivity index (χ1v) is 10.8. The predicted octanol–water partition coefficient (Wildman–Crippen LogP) is 4.28. The summed E-state index contributed by atoms with van der Waals surface area (Å²) in [6, 6.07) is 4.19. The number of carbonyl (C=O) groups is 1. The molecule has 2 aliphatic carbocycles. The zero-order valence-corrected chi connectivity index (χ0v) is 16.2. The summed E-state index contributed by atoms with van der Waals surface area (Å²) in [4.78, 5) is 14.8. The summed E-state index contributed by atoms with van der Waals surface area (Å²) < 4.78 is 6.10. The molecule has 1 saturated carbocycles. The predicted molar refractivity (Wildman–Crippen MR) is 103 cm³/mol. The summed E-state index contributed by atoms with van der Waals surface area (Å²) in [5, 5.41) is 12.2. The van der Waals surface area contributed by atoms with Gasteiger partial charge in [0.05, 0.1) is 18.6 Å². The van der Waals surface area contributed by atoms with Crippen molar-refractivity contribution in [3.05, 3.63) is 35.9 Å². The van der Waals surface area contributed by atoms with Crippen molar-refractivity contribution >= 4 is 34.1 Å². The second-order valence-corrected chi connectivity index (χ2v) is 8.73. The lowest BCUT2D eigenvalue weighted by atomic mass is 10.0. The van der Waals surface area contributed by atoms with Gasteiger partial charge in [0.2, 0.25) is 11.0 Å². The molecule has 0 spiro atoms. The van der Waals surface area contributed by atoms with E-state index in [1.54, 1.807) is 6.26 Å².